The first-order chi connectivity index (χ1) is 19.9. The van der Waals surface area contributed by atoms with E-state index in [1.54, 1.807) is 24.0 Å². The van der Waals surface area contributed by atoms with Crippen LogP contribution in [0.2, 0.25) is 0 Å². The topological polar surface area (TPSA) is 117 Å². The summed E-state index contributed by atoms with van der Waals surface area (Å²) in [5, 5.41) is 2.71. The third-order valence-electron chi connectivity index (χ3n) is 6.86. The number of hydrogen-bond donors (Lipinski definition) is 0. The number of piperidine rings is 1. The molecule has 1 unspecified atom stereocenters. The molecule has 0 bridgehead atoms. The zero-order chi connectivity index (χ0) is 30.1. The number of aryl methyl sites for hydroxylation is 1. The van der Waals surface area contributed by atoms with Gasteiger partial charge in [0.15, 0.2) is 6.61 Å². The van der Waals surface area contributed by atoms with Crippen molar-refractivity contribution in [2.45, 2.75) is 51.4 Å². The van der Waals surface area contributed by atoms with Crippen molar-refractivity contribution in [2.24, 2.45) is 0 Å². The first-order valence-electron chi connectivity index (χ1n) is 13.0. The maximum absolute atomic E-state index is 13.3. The molecule has 2 aliphatic rings. The van der Waals surface area contributed by atoms with Crippen LogP contribution in [-0.4, -0.2) is 55.1 Å². The predicted octanol–water partition coefficient (Wildman–Crippen LogP) is 4.73. The van der Waals surface area contributed by atoms with Gasteiger partial charge in [-0.05, 0) is 43.5 Å². The molecule has 1 atom stereocenters. The second-order valence-electron chi connectivity index (χ2n) is 9.99. The predicted molar refractivity (Wildman–Crippen MR) is 144 cm³/mol. The standard InChI is InChI=1S/C27H28F3N3O7S2/c1-16-6-7-20(27(28,29)30)24(31-16)37-14-23(34)33-10-8-17(9-11-33)25-32-21(15-41-25)26-38-12-18-4-3-5-22(19(18)13-39-26)40-42(2,35)36/h3-7,15,17,26H,8-14H2,1-2H3. The molecule has 15 heteroatoms. The molecule has 1 amide bonds. The van der Waals surface area contributed by atoms with Gasteiger partial charge < -0.3 is 23.3 Å². The second kappa shape index (κ2) is 12.1. The summed E-state index contributed by atoms with van der Waals surface area (Å²) >= 11 is 1.46. The van der Waals surface area contributed by atoms with E-state index in [0.717, 1.165) is 22.9 Å². The number of carbonyl (C=O) groups excluding carboxylic acids is 1. The highest BCUT2D eigenvalue weighted by Crippen LogP contribution is 2.37. The average molecular weight is 628 g/mol. The van der Waals surface area contributed by atoms with Gasteiger partial charge in [-0.3, -0.25) is 4.79 Å². The zero-order valence-electron chi connectivity index (χ0n) is 22.7. The van der Waals surface area contributed by atoms with Gasteiger partial charge in [0.1, 0.15) is 17.0 Å². The summed E-state index contributed by atoms with van der Waals surface area (Å²) in [6, 6.07) is 7.20. The number of likely N-dealkylation sites (tertiary alicyclic amines) is 1. The molecule has 226 valence electrons. The van der Waals surface area contributed by atoms with E-state index in [0.29, 0.717) is 42.9 Å². The van der Waals surface area contributed by atoms with Crippen LogP contribution in [0, 0.1) is 6.92 Å². The van der Waals surface area contributed by atoms with Crippen LogP contribution in [0.3, 0.4) is 0 Å². The number of thiazole rings is 1. The average Bonchev–Trinajstić information content (AvgIpc) is 3.31. The Labute approximate surface area is 244 Å². The number of hydrogen-bond acceptors (Lipinski definition) is 10. The van der Waals surface area contributed by atoms with E-state index in [2.05, 4.69) is 4.98 Å². The van der Waals surface area contributed by atoms with E-state index >= 15 is 0 Å². The zero-order valence-corrected chi connectivity index (χ0v) is 24.4. The van der Waals surface area contributed by atoms with Crippen molar-refractivity contribution < 1.29 is 44.8 Å². The van der Waals surface area contributed by atoms with Gasteiger partial charge in [0, 0.05) is 35.6 Å². The Morgan fingerprint density at radius 3 is 2.57 bits per heavy atom. The number of aromatic nitrogens is 2. The van der Waals surface area contributed by atoms with Crippen LogP contribution in [0.15, 0.2) is 35.7 Å². The number of nitrogens with zero attached hydrogens (tertiary/aromatic N) is 3. The smallest absolute Gasteiger partial charge is 0.421 e. The lowest BCUT2D eigenvalue weighted by atomic mass is 9.97. The molecular formula is C27H28F3N3O7S2. The fourth-order valence-corrected chi connectivity index (χ4v) is 6.22. The Bertz CT molecular complexity index is 1550. The summed E-state index contributed by atoms with van der Waals surface area (Å²) in [5.74, 6) is -0.738. The van der Waals surface area contributed by atoms with E-state index in [1.807, 2.05) is 11.4 Å². The minimum absolute atomic E-state index is 0.0731. The molecule has 1 saturated heterocycles. The molecule has 0 aliphatic carbocycles. The fourth-order valence-electron chi connectivity index (χ4n) is 4.75. The van der Waals surface area contributed by atoms with Crippen molar-refractivity contribution in [1.29, 1.82) is 0 Å². The molecule has 0 saturated carbocycles. The van der Waals surface area contributed by atoms with E-state index in [-0.39, 0.29) is 24.9 Å². The van der Waals surface area contributed by atoms with Gasteiger partial charge in [0.05, 0.1) is 24.5 Å². The number of fused-ring (bicyclic) bond motifs is 1. The summed E-state index contributed by atoms with van der Waals surface area (Å²) < 4.78 is 85.3. The van der Waals surface area contributed by atoms with E-state index in [1.165, 1.54) is 17.4 Å². The van der Waals surface area contributed by atoms with Gasteiger partial charge in [-0.15, -0.1) is 11.3 Å². The molecule has 10 nitrogen and oxygen atoms in total. The maximum atomic E-state index is 13.3. The minimum Gasteiger partial charge on any atom is -0.467 e. The monoisotopic (exact) mass is 627 g/mol. The van der Waals surface area contributed by atoms with E-state index in [4.69, 9.17) is 23.4 Å². The normalized spacial score (nSPS) is 18.3. The van der Waals surface area contributed by atoms with Crippen molar-refractivity contribution in [1.82, 2.24) is 14.9 Å². The van der Waals surface area contributed by atoms with Gasteiger partial charge in [0.2, 0.25) is 12.2 Å². The quantitative estimate of drug-likeness (QED) is 0.343. The van der Waals surface area contributed by atoms with Gasteiger partial charge >= 0.3 is 16.3 Å². The number of rotatable bonds is 7. The van der Waals surface area contributed by atoms with Gasteiger partial charge in [-0.25, -0.2) is 9.97 Å². The highest BCUT2D eigenvalue weighted by Gasteiger charge is 2.36. The molecular weight excluding hydrogens is 599 g/mol. The highest BCUT2D eigenvalue weighted by molar-refractivity contribution is 7.86. The van der Waals surface area contributed by atoms with Crippen LogP contribution in [0.4, 0.5) is 13.2 Å². The number of carbonyl (C=O) groups is 1. The lowest BCUT2D eigenvalue weighted by Gasteiger charge is -2.31. The lowest BCUT2D eigenvalue weighted by Crippen LogP contribution is -2.40. The molecule has 5 rings (SSSR count). The molecule has 4 heterocycles. The fraction of sp³-hybridized carbons (Fsp3) is 0.444. The van der Waals surface area contributed by atoms with E-state index < -0.39 is 46.5 Å². The summed E-state index contributed by atoms with van der Waals surface area (Å²) in [4.78, 5) is 22.8. The number of halogens is 3. The molecule has 0 radical (unpaired) electrons. The van der Waals surface area contributed by atoms with Crippen molar-refractivity contribution in [2.75, 3.05) is 26.0 Å². The minimum atomic E-state index is -4.64. The number of pyridine rings is 1. The Morgan fingerprint density at radius 2 is 1.86 bits per heavy atom. The summed E-state index contributed by atoms with van der Waals surface area (Å²) in [5.41, 5.74) is 1.26. The van der Waals surface area contributed by atoms with Crippen LogP contribution in [0.5, 0.6) is 11.6 Å². The van der Waals surface area contributed by atoms with Crippen molar-refractivity contribution >= 4 is 27.4 Å². The summed E-state index contributed by atoms with van der Waals surface area (Å²) in [6.45, 7) is 2.07. The SMILES string of the molecule is Cc1ccc(C(F)(F)F)c(OCC(=O)N2CCC(c3nc(C4OCc5cccc(OS(C)(=O)=O)c5CO4)cs3)CC2)n1. The molecule has 2 aliphatic heterocycles. The van der Waals surface area contributed by atoms with Crippen LogP contribution in [0.1, 0.15) is 58.1 Å². The number of alkyl halides is 3. The van der Waals surface area contributed by atoms with Crippen LogP contribution in [-0.2, 0) is 43.8 Å². The first-order valence-corrected chi connectivity index (χ1v) is 15.7. The second-order valence-corrected chi connectivity index (χ2v) is 12.5. The maximum Gasteiger partial charge on any atom is 0.421 e. The summed E-state index contributed by atoms with van der Waals surface area (Å²) in [6.07, 6.45) is -3.18. The molecule has 1 fully saturated rings. The molecule has 2 aromatic heterocycles. The van der Waals surface area contributed by atoms with Gasteiger partial charge in [-0.1, -0.05) is 12.1 Å². The number of benzene rings is 1. The Kier molecular flexibility index (Phi) is 8.73. The Hall–Kier alpha value is -3.27. The van der Waals surface area contributed by atoms with Gasteiger partial charge in [-0.2, -0.15) is 21.6 Å². The lowest BCUT2D eigenvalue weighted by molar-refractivity contribution is -0.155. The first kappa shape index (κ1) is 30.2. The Balaban J connectivity index is 1.15. The van der Waals surface area contributed by atoms with Crippen LogP contribution >= 0.6 is 11.3 Å². The largest absolute Gasteiger partial charge is 0.467 e. The molecule has 42 heavy (non-hydrogen) atoms. The number of ether oxygens (including phenoxy) is 3. The molecule has 3 aromatic rings. The molecule has 0 spiro atoms. The van der Waals surface area contributed by atoms with Crippen molar-refractivity contribution in [3.8, 4) is 11.6 Å². The highest BCUT2D eigenvalue weighted by atomic mass is 32.2. The molecule has 1 aromatic carbocycles. The van der Waals surface area contributed by atoms with Crippen molar-refractivity contribution in [3.05, 3.63) is 68.8 Å². The van der Waals surface area contributed by atoms with Crippen molar-refractivity contribution in [3.63, 3.8) is 0 Å². The van der Waals surface area contributed by atoms with Crippen LogP contribution < -0.4 is 8.92 Å². The summed E-state index contributed by atoms with van der Waals surface area (Å²) in [7, 11) is -3.71. The number of amides is 1. The third kappa shape index (κ3) is 7.19. The van der Waals surface area contributed by atoms with Gasteiger partial charge in [0.25, 0.3) is 5.91 Å². The molecule has 0 N–H and O–H groups in total. The third-order valence-corrected chi connectivity index (χ3v) is 8.36. The Morgan fingerprint density at radius 1 is 1.12 bits per heavy atom. The van der Waals surface area contributed by atoms with E-state index in [9.17, 15) is 26.4 Å². The van der Waals surface area contributed by atoms with Crippen LogP contribution in [0.25, 0.3) is 0 Å².